The Hall–Kier alpha value is -4.00. The van der Waals surface area contributed by atoms with Gasteiger partial charge in [-0.15, -0.1) is 0 Å². The average molecular weight is 528 g/mol. The summed E-state index contributed by atoms with van der Waals surface area (Å²) in [5.41, 5.74) is 9.27. The number of pyridine rings is 1. The third-order valence-electron chi connectivity index (χ3n) is 5.88. The molecular formula is C24H26ClN7O5. The summed E-state index contributed by atoms with van der Waals surface area (Å²) in [7, 11) is 1.57. The molecular weight excluding hydrogens is 502 g/mol. The van der Waals surface area contributed by atoms with Crippen molar-refractivity contribution in [1.82, 2.24) is 25.3 Å². The topological polar surface area (TPSA) is 180 Å². The standard InChI is InChI=1S/C24H26ClN7O5/c1-11-7-27-17(12(2)19(11)37-3)9-32-21-18(20(25)30-24(26)31-21)15(23(32)36)6-13-4-5-16(29-13)22(35)28-8-14(34)10-33/h4-7,14,29,33-34H,8-10H2,1-3H3,(H,28,35)(H2,26,30,31)/b15-6+. The summed E-state index contributed by atoms with van der Waals surface area (Å²) in [4.78, 5) is 43.0. The van der Waals surface area contributed by atoms with Crippen molar-refractivity contribution in [2.45, 2.75) is 26.5 Å². The smallest absolute Gasteiger partial charge is 0.267 e. The van der Waals surface area contributed by atoms with Crippen LogP contribution in [0.5, 0.6) is 5.75 Å². The third-order valence-corrected chi connectivity index (χ3v) is 6.16. The number of rotatable bonds is 8. The molecule has 4 heterocycles. The molecule has 3 aromatic heterocycles. The van der Waals surface area contributed by atoms with Crippen LogP contribution < -0.4 is 20.7 Å². The first-order chi connectivity index (χ1) is 17.6. The first-order valence-electron chi connectivity index (χ1n) is 11.3. The Morgan fingerprint density at radius 1 is 1.35 bits per heavy atom. The minimum atomic E-state index is -1.07. The number of halogens is 1. The van der Waals surface area contributed by atoms with Gasteiger partial charge in [-0.2, -0.15) is 4.98 Å². The van der Waals surface area contributed by atoms with Crippen LogP contribution in [0.15, 0.2) is 18.3 Å². The van der Waals surface area contributed by atoms with Crippen LogP contribution in [0.2, 0.25) is 5.15 Å². The van der Waals surface area contributed by atoms with Gasteiger partial charge in [0, 0.05) is 29.6 Å². The first-order valence-corrected chi connectivity index (χ1v) is 11.6. The van der Waals surface area contributed by atoms with E-state index in [-0.39, 0.29) is 41.3 Å². The van der Waals surface area contributed by atoms with E-state index < -0.39 is 24.5 Å². The number of carbonyl (C=O) groups is 2. The van der Waals surface area contributed by atoms with Crippen LogP contribution in [0.1, 0.15) is 38.6 Å². The number of methoxy groups -OCH3 is 1. The summed E-state index contributed by atoms with van der Waals surface area (Å²) in [5, 5.41) is 20.9. The number of nitrogens with two attached hydrogens (primary N) is 1. The van der Waals surface area contributed by atoms with E-state index in [1.54, 1.807) is 25.4 Å². The van der Waals surface area contributed by atoms with E-state index in [1.807, 2.05) is 13.8 Å². The highest BCUT2D eigenvalue weighted by Crippen LogP contribution is 2.41. The molecule has 0 fully saturated rings. The summed E-state index contributed by atoms with van der Waals surface area (Å²) in [6.45, 7) is 3.24. The van der Waals surface area contributed by atoms with Gasteiger partial charge in [-0.05, 0) is 32.1 Å². The van der Waals surface area contributed by atoms with E-state index in [2.05, 4.69) is 25.3 Å². The molecule has 2 amide bonds. The number of fused-ring (bicyclic) bond motifs is 1. The number of aryl methyl sites for hydroxylation is 1. The maximum absolute atomic E-state index is 13.6. The molecule has 0 bridgehead atoms. The van der Waals surface area contributed by atoms with Gasteiger partial charge in [-0.1, -0.05) is 11.6 Å². The minimum Gasteiger partial charge on any atom is -0.496 e. The molecule has 1 atom stereocenters. The third kappa shape index (κ3) is 5.12. The highest BCUT2D eigenvalue weighted by atomic mass is 35.5. The molecule has 13 heteroatoms. The number of nitrogens with one attached hydrogen (secondary N) is 2. The van der Waals surface area contributed by atoms with Gasteiger partial charge in [0.2, 0.25) is 5.95 Å². The van der Waals surface area contributed by atoms with Crippen LogP contribution >= 0.6 is 11.6 Å². The SMILES string of the molecule is COc1c(C)cnc(CN2C(=O)/C(=C/c3ccc(C(=O)NCC(O)CO)[nH]3)c3c(Cl)nc(N)nc32)c1C. The molecule has 0 aliphatic carbocycles. The van der Waals surface area contributed by atoms with Crippen LogP contribution in [0.4, 0.5) is 11.8 Å². The van der Waals surface area contributed by atoms with Crippen LogP contribution in [0.25, 0.3) is 11.6 Å². The number of aliphatic hydroxyl groups is 2. The molecule has 194 valence electrons. The number of amides is 2. The lowest BCUT2D eigenvalue weighted by Crippen LogP contribution is -2.34. The molecule has 37 heavy (non-hydrogen) atoms. The normalized spacial score (nSPS) is 14.7. The zero-order valence-corrected chi connectivity index (χ0v) is 21.1. The number of nitrogen functional groups attached to an aromatic ring is 1. The molecule has 0 radical (unpaired) electrons. The second-order valence-electron chi connectivity index (χ2n) is 8.44. The van der Waals surface area contributed by atoms with Crippen LogP contribution in [-0.4, -0.2) is 68.3 Å². The lowest BCUT2D eigenvalue weighted by Gasteiger charge is -2.19. The molecule has 1 aliphatic heterocycles. The lowest BCUT2D eigenvalue weighted by atomic mass is 10.1. The van der Waals surface area contributed by atoms with Crippen LogP contribution in [-0.2, 0) is 11.3 Å². The lowest BCUT2D eigenvalue weighted by molar-refractivity contribution is -0.113. The Morgan fingerprint density at radius 3 is 2.81 bits per heavy atom. The molecule has 0 saturated heterocycles. The number of aromatic amines is 1. The molecule has 12 nitrogen and oxygen atoms in total. The molecule has 4 rings (SSSR count). The second kappa shape index (κ2) is 10.5. The summed E-state index contributed by atoms with van der Waals surface area (Å²) < 4.78 is 5.49. The van der Waals surface area contributed by atoms with E-state index in [0.29, 0.717) is 22.7 Å². The molecule has 6 N–H and O–H groups in total. The Balaban J connectivity index is 1.69. The summed E-state index contributed by atoms with van der Waals surface area (Å²) in [6, 6.07) is 3.14. The number of carbonyl (C=O) groups excluding carboxylic acids is 2. The number of aromatic nitrogens is 4. The zero-order valence-electron chi connectivity index (χ0n) is 20.4. The summed E-state index contributed by atoms with van der Waals surface area (Å²) >= 11 is 6.40. The molecule has 1 unspecified atom stereocenters. The quantitative estimate of drug-likeness (QED) is 0.213. The van der Waals surface area contributed by atoms with Gasteiger partial charge in [0.05, 0.1) is 43.2 Å². The van der Waals surface area contributed by atoms with E-state index in [1.165, 1.54) is 11.0 Å². The maximum atomic E-state index is 13.6. The largest absolute Gasteiger partial charge is 0.496 e. The Labute approximate surface area is 217 Å². The Morgan fingerprint density at radius 2 is 2.11 bits per heavy atom. The van der Waals surface area contributed by atoms with Gasteiger partial charge in [-0.3, -0.25) is 19.5 Å². The molecule has 0 spiro atoms. The van der Waals surface area contributed by atoms with Crippen molar-refractivity contribution in [2.75, 3.05) is 30.9 Å². The van der Waals surface area contributed by atoms with Crippen molar-refractivity contribution in [3.8, 4) is 5.75 Å². The fraction of sp³-hybridized carbons (Fsp3) is 0.292. The Bertz CT molecular complexity index is 1400. The van der Waals surface area contributed by atoms with Gasteiger partial charge >= 0.3 is 0 Å². The number of nitrogens with zero attached hydrogens (tertiary/aromatic N) is 4. The van der Waals surface area contributed by atoms with Crippen LogP contribution in [0, 0.1) is 13.8 Å². The number of aliphatic hydroxyl groups excluding tert-OH is 2. The maximum Gasteiger partial charge on any atom is 0.267 e. The van der Waals surface area contributed by atoms with Crippen LogP contribution in [0.3, 0.4) is 0 Å². The fourth-order valence-corrected chi connectivity index (χ4v) is 4.30. The number of H-pyrrole nitrogens is 1. The van der Waals surface area contributed by atoms with Crippen molar-refractivity contribution < 1.29 is 24.5 Å². The number of hydrogen-bond donors (Lipinski definition) is 5. The van der Waals surface area contributed by atoms with Gasteiger partial charge in [0.15, 0.2) is 5.82 Å². The number of ether oxygens (including phenoxy) is 1. The average Bonchev–Trinajstić information content (AvgIpc) is 3.43. The van der Waals surface area contributed by atoms with E-state index >= 15 is 0 Å². The second-order valence-corrected chi connectivity index (χ2v) is 8.80. The minimum absolute atomic E-state index is 0.0123. The van der Waals surface area contributed by atoms with Gasteiger partial charge in [-0.25, -0.2) is 4.98 Å². The summed E-state index contributed by atoms with van der Waals surface area (Å²) in [6.07, 6.45) is 2.15. The number of anilines is 2. The zero-order chi connectivity index (χ0) is 26.9. The van der Waals surface area contributed by atoms with Crippen molar-refractivity contribution in [2.24, 2.45) is 0 Å². The van der Waals surface area contributed by atoms with Crippen molar-refractivity contribution in [1.29, 1.82) is 0 Å². The number of hydrogen-bond acceptors (Lipinski definition) is 9. The fourth-order valence-electron chi connectivity index (χ4n) is 4.03. The Kier molecular flexibility index (Phi) is 7.43. The first kappa shape index (κ1) is 26.1. The molecule has 0 aromatic carbocycles. The van der Waals surface area contributed by atoms with Gasteiger partial charge in [0.25, 0.3) is 11.8 Å². The highest BCUT2D eigenvalue weighted by molar-refractivity contribution is 6.41. The van der Waals surface area contributed by atoms with Gasteiger partial charge < -0.3 is 31.0 Å². The molecule has 1 aliphatic rings. The molecule has 3 aromatic rings. The monoisotopic (exact) mass is 527 g/mol. The predicted octanol–water partition coefficient (Wildman–Crippen LogP) is 1.23. The van der Waals surface area contributed by atoms with E-state index in [0.717, 1.165) is 11.1 Å². The van der Waals surface area contributed by atoms with Gasteiger partial charge in [0.1, 0.15) is 16.6 Å². The van der Waals surface area contributed by atoms with E-state index in [9.17, 15) is 14.7 Å². The van der Waals surface area contributed by atoms with E-state index in [4.69, 9.17) is 27.2 Å². The van der Waals surface area contributed by atoms with Crippen molar-refractivity contribution in [3.05, 3.63) is 57.3 Å². The summed E-state index contributed by atoms with van der Waals surface area (Å²) in [5.74, 6) is -0.0448. The predicted molar refractivity (Wildman–Crippen MR) is 137 cm³/mol. The van der Waals surface area contributed by atoms with Crippen molar-refractivity contribution >= 4 is 46.8 Å². The van der Waals surface area contributed by atoms with Crippen molar-refractivity contribution in [3.63, 3.8) is 0 Å². The molecule has 0 saturated carbocycles. The highest BCUT2D eigenvalue weighted by Gasteiger charge is 2.37.